The minimum atomic E-state index is -0.767. The lowest BCUT2D eigenvalue weighted by Crippen LogP contribution is -2.24. The first-order chi connectivity index (χ1) is 12.4. The summed E-state index contributed by atoms with van der Waals surface area (Å²) in [4.78, 5) is 10.7. The van der Waals surface area contributed by atoms with Crippen LogP contribution in [0.5, 0.6) is 11.5 Å². The summed E-state index contributed by atoms with van der Waals surface area (Å²) in [6, 6.07) is 7.67. The molecule has 9 heteroatoms. The van der Waals surface area contributed by atoms with E-state index in [0.717, 1.165) is 5.56 Å². The number of nitrogens with one attached hydrogen (secondary N) is 1. The molecule has 6 nitrogen and oxygen atoms in total. The van der Waals surface area contributed by atoms with Crippen LogP contribution in [-0.2, 0) is 6.61 Å². The third-order valence-electron chi connectivity index (χ3n) is 3.11. The monoisotopic (exact) mass is 415 g/mol. The summed E-state index contributed by atoms with van der Waals surface area (Å²) in [5, 5.41) is 5.05. The Morgan fingerprint density at radius 3 is 2.62 bits per heavy atom. The predicted molar refractivity (Wildman–Crippen MR) is 104 cm³/mol. The Hall–Kier alpha value is -2.15. The number of carbonyl (C=O) groups is 1. The van der Waals surface area contributed by atoms with Crippen LogP contribution in [0.3, 0.4) is 0 Å². The summed E-state index contributed by atoms with van der Waals surface area (Å²) < 4.78 is 11.4. The standard InChI is InChI=1S/C17H16Cl3N3O3/c1-2-25-15-6-10(8-22-23-17(21)24)5-14(20)16(15)26-9-11-3-4-12(18)7-13(11)19/h3-8H,2,9H2,1H3,(H3,21,23,24)/b22-8-. The lowest BCUT2D eigenvalue weighted by molar-refractivity contribution is 0.249. The number of amides is 2. The zero-order valence-electron chi connectivity index (χ0n) is 13.8. The van der Waals surface area contributed by atoms with Crippen LogP contribution in [0.4, 0.5) is 4.79 Å². The molecule has 0 fully saturated rings. The van der Waals surface area contributed by atoms with Gasteiger partial charge in [-0.15, -0.1) is 0 Å². The lowest BCUT2D eigenvalue weighted by atomic mass is 10.2. The average molecular weight is 417 g/mol. The normalized spacial score (nSPS) is 10.8. The van der Waals surface area contributed by atoms with Gasteiger partial charge in [0.1, 0.15) is 6.61 Å². The van der Waals surface area contributed by atoms with E-state index < -0.39 is 6.03 Å². The van der Waals surface area contributed by atoms with Gasteiger partial charge in [0.15, 0.2) is 11.5 Å². The summed E-state index contributed by atoms with van der Waals surface area (Å²) in [7, 11) is 0. The van der Waals surface area contributed by atoms with E-state index in [1.54, 1.807) is 30.3 Å². The van der Waals surface area contributed by atoms with E-state index >= 15 is 0 Å². The van der Waals surface area contributed by atoms with E-state index in [9.17, 15) is 4.79 Å². The van der Waals surface area contributed by atoms with Gasteiger partial charge in [-0.2, -0.15) is 5.10 Å². The Labute approximate surface area is 165 Å². The molecule has 3 N–H and O–H groups in total. The number of hydrogen-bond acceptors (Lipinski definition) is 4. The van der Waals surface area contributed by atoms with Gasteiger partial charge in [-0.1, -0.05) is 40.9 Å². The highest BCUT2D eigenvalue weighted by molar-refractivity contribution is 6.35. The number of benzene rings is 2. The number of nitrogens with zero attached hydrogens (tertiary/aromatic N) is 1. The Morgan fingerprint density at radius 2 is 1.96 bits per heavy atom. The van der Waals surface area contributed by atoms with Crippen LogP contribution >= 0.6 is 34.8 Å². The molecule has 0 unspecified atom stereocenters. The lowest BCUT2D eigenvalue weighted by Gasteiger charge is -2.15. The average Bonchev–Trinajstić information content (AvgIpc) is 2.55. The minimum Gasteiger partial charge on any atom is -0.490 e. The molecule has 2 amide bonds. The predicted octanol–water partition coefficient (Wildman–Crippen LogP) is 4.63. The van der Waals surface area contributed by atoms with E-state index in [0.29, 0.717) is 38.7 Å². The number of nitrogens with two attached hydrogens (primary N) is 1. The van der Waals surface area contributed by atoms with Gasteiger partial charge in [0, 0.05) is 15.6 Å². The molecular weight excluding hydrogens is 401 g/mol. The fourth-order valence-corrected chi connectivity index (χ4v) is 2.76. The number of rotatable bonds is 7. The molecular formula is C17H16Cl3N3O3. The van der Waals surface area contributed by atoms with Crippen LogP contribution in [0.15, 0.2) is 35.4 Å². The highest BCUT2D eigenvalue weighted by Gasteiger charge is 2.13. The third kappa shape index (κ3) is 5.69. The SMILES string of the molecule is CCOc1cc(/C=N\NC(N)=O)cc(Cl)c1OCc1ccc(Cl)cc1Cl. The summed E-state index contributed by atoms with van der Waals surface area (Å²) in [5.74, 6) is 0.810. The topological polar surface area (TPSA) is 85.9 Å². The number of halogens is 3. The number of hydrogen-bond donors (Lipinski definition) is 2. The maximum Gasteiger partial charge on any atom is 0.332 e. The van der Waals surface area contributed by atoms with Crippen molar-refractivity contribution in [2.24, 2.45) is 10.8 Å². The van der Waals surface area contributed by atoms with E-state index in [-0.39, 0.29) is 6.61 Å². The second-order valence-electron chi connectivity index (χ2n) is 5.02. The fourth-order valence-electron chi connectivity index (χ4n) is 2.02. The Morgan fingerprint density at radius 1 is 1.19 bits per heavy atom. The van der Waals surface area contributed by atoms with Gasteiger partial charge in [0.2, 0.25) is 0 Å². The van der Waals surface area contributed by atoms with Gasteiger partial charge in [-0.25, -0.2) is 10.2 Å². The van der Waals surface area contributed by atoms with Crippen molar-refractivity contribution in [1.82, 2.24) is 5.43 Å². The van der Waals surface area contributed by atoms with Crippen LogP contribution in [0.1, 0.15) is 18.1 Å². The first-order valence-electron chi connectivity index (χ1n) is 7.52. The molecule has 0 spiro atoms. The van der Waals surface area contributed by atoms with Crippen molar-refractivity contribution >= 4 is 47.0 Å². The molecule has 0 heterocycles. The van der Waals surface area contributed by atoms with Gasteiger partial charge in [0.25, 0.3) is 0 Å². The van der Waals surface area contributed by atoms with Gasteiger partial charge in [-0.3, -0.25) is 0 Å². The minimum absolute atomic E-state index is 0.187. The number of primary amides is 1. The van der Waals surface area contributed by atoms with Crippen LogP contribution in [0.25, 0.3) is 0 Å². The van der Waals surface area contributed by atoms with E-state index in [4.69, 9.17) is 50.0 Å². The Kier molecular flexibility index (Phi) is 7.38. The summed E-state index contributed by atoms with van der Waals surface area (Å²) in [6.07, 6.45) is 1.39. The van der Waals surface area contributed by atoms with Gasteiger partial charge in [-0.05, 0) is 36.8 Å². The van der Waals surface area contributed by atoms with E-state index in [2.05, 4.69) is 10.5 Å². The van der Waals surface area contributed by atoms with E-state index in [1.807, 2.05) is 6.92 Å². The summed E-state index contributed by atoms with van der Waals surface area (Å²) in [5.41, 5.74) is 8.41. The van der Waals surface area contributed by atoms with Crippen molar-refractivity contribution in [1.29, 1.82) is 0 Å². The summed E-state index contributed by atoms with van der Waals surface area (Å²) in [6.45, 7) is 2.43. The second kappa shape index (κ2) is 9.52. The molecule has 2 aromatic rings. The molecule has 0 aromatic heterocycles. The fraction of sp³-hybridized carbons (Fsp3) is 0.176. The van der Waals surface area contributed by atoms with Crippen LogP contribution in [0.2, 0.25) is 15.1 Å². The molecule has 138 valence electrons. The number of ether oxygens (including phenoxy) is 2. The first-order valence-corrected chi connectivity index (χ1v) is 8.65. The van der Waals surface area contributed by atoms with Crippen LogP contribution in [-0.4, -0.2) is 18.9 Å². The number of carbonyl (C=O) groups excluding carboxylic acids is 1. The summed E-state index contributed by atoms with van der Waals surface area (Å²) >= 11 is 18.4. The zero-order valence-corrected chi connectivity index (χ0v) is 16.0. The molecule has 26 heavy (non-hydrogen) atoms. The highest BCUT2D eigenvalue weighted by Crippen LogP contribution is 2.37. The molecule has 2 aromatic carbocycles. The van der Waals surface area contributed by atoms with Gasteiger partial charge < -0.3 is 15.2 Å². The Balaban J connectivity index is 2.23. The molecule has 0 aliphatic carbocycles. The van der Waals surface area contributed by atoms with Crippen LogP contribution in [0, 0.1) is 0 Å². The van der Waals surface area contributed by atoms with Crippen molar-refractivity contribution in [2.75, 3.05) is 6.61 Å². The van der Waals surface area contributed by atoms with Crippen LogP contribution < -0.4 is 20.6 Å². The molecule has 0 bridgehead atoms. The van der Waals surface area contributed by atoms with E-state index in [1.165, 1.54) is 6.21 Å². The molecule has 0 atom stereocenters. The van der Waals surface area contributed by atoms with Crippen molar-refractivity contribution in [3.8, 4) is 11.5 Å². The van der Waals surface area contributed by atoms with Crippen molar-refractivity contribution in [3.05, 3.63) is 56.5 Å². The van der Waals surface area contributed by atoms with Crippen molar-refractivity contribution < 1.29 is 14.3 Å². The molecule has 0 saturated carbocycles. The highest BCUT2D eigenvalue weighted by atomic mass is 35.5. The first kappa shape index (κ1) is 20.2. The molecule has 0 saturated heterocycles. The van der Waals surface area contributed by atoms with Gasteiger partial charge >= 0.3 is 6.03 Å². The Bertz CT molecular complexity index is 828. The number of hydrazone groups is 1. The second-order valence-corrected chi connectivity index (χ2v) is 6.27. The zero-order chi connectivity index (χ0) is 19.1. The molecule has 2 rings (SSSR count). The molecule has 0 aliphatic rings. The quantitative estimate of drug-likeness (QED) is 0.510. The maximum atomic E-state index is 10.7. The molecule has 0 radical (unpaired) electrons. The molecule has 0 aliphatic heterocycles. The van der Waals surface area contributed by atoms with Crippen molar-refractivity contribution in [3.63, 3.8) is 0 Å². The largest absolute Gasteiger partial charge is 0.490 e. The third-order valence-corrected chi connectivity index (χ3v) is 3.97. The smallest absolute Gasteiger partial charge is 0.332 e. The maximum absolute atomic E-state index is 10.7. The van der Waals surface area contributed by atoms with Gasteiger partial charge in [0.05, 0.1) is 17.8 Å². The number of urea groups is 1. The van der Waals surface area contributed by atoms with Crippen molar-refractivity contribution in [2.45, 2.75) is 13.5 Å².